The molecule has 2 saturated heterocycles. The summed E-state index contributed by atoms with van der Waals surface area (Å²) in [6.45, 7) is 6.81. The molecule has 0 bridgehead atoms. The van der Waals surface area contributed by atoms with E-state index in [2.05, 4.69) is 4.72 Å². The third-order valence-corrected chi connectivity index (χ3v) is 6.86. The van der Waals surface area contributed by atoms with Crippen molar-refractivity contribution in [2.45, 2.75) is 37.6 Å². The molecular formula is C20H29N3O5S. The van der Waals surface area contributed by atoms with Crippen LogP contribution < -0.4 is 4.72 Å². The first-order valence-corrected chi connectivity index (χ1v) is 11.5. The number of likely N-dealkylation sites (tertiary alicyclic amines) is 1. The Bertz CT molecular complexity index is 832. The Labute approximate surface area is 172 Å². The fourth-order valence-electron chi connectivity index (χ4n) is 3.74. The van der Waals surface area contributed by atoms with Gasteiger partial charge in [0.05, 0.1) is 24.0 Å². The van der Waals surface area contributed by atoms with Crippen molar-refractivity contribution in [1.29, 1.82) is 0 Å². The highest BCUT2D eigenvalue weighted by Gasteiger charge is 2.32. The lowest BCUT2D eigenvalue weighted by Crippen LogP contribution is -2.49. The number of hydrogen-bond acceptors (Lipinski definition) is 5. The molecule has 0 saturated carbocycles. The van der Waals surface area contributed by atoms with E-state index in [1.165, 1.54) is 24.3 Å². The summed E-state index contributed by atoms with van der Waals surface area (Å²) >= 11 is 0. The minimum atomic E-state index is -3.59. The molecule has 2 heterocycles. The average molecular weight is 424 g/mol. The zero-order chi connectivity index (χ0) is 21.0. The number of hydrogen-bond donors (Lipinski definition) is 1. The monoisotopic (exact) mass is 423 g/mol. The van der Waals surface area contributed by atoms with E-state index in [9.17, 15) is 18.0 Å². The van der Waals surface area contributed by atoms with Crippen LogP contribution in [0.15, 0.2) is 29.2 Å². The van der Waals surface area contributed by atoms with Gasteiger partial charge in [-0.1, -0.05) is 0 Å². The first kappa shape index (κ1) is 21.7. The van der Waals surface area contributed by atoms with E-state index in [0.29, 0.717) is 45.0 Å². The summed E-state index contributed by atoms with van der Waals surface area (Å²) in [6.07, 6.45) is 1.55. The van der Waals surface area contributed by atoms with E-state index in [1.54, 1.807) is 18.7 Å². The maximum Gasteiger partial charge on any atom is 0.253 e. The van der Waals surface area contributed by atoms with Gasteiger partial charge < -0.3 is 14.5 Å². The van der Waals surface area contributed by atoms with Gasteiger partial charge >= 0.3 is 0 Å². The lowest BCUT2D eigenvalue weighted by Gasteiger charge is -2.36. The minimum absolute atomic E-state index is 0.0898. The first-order chi connectivity index (χ1) is 13.8. The Morgan fingerprint density at radius 2 is 1.72 bits per heavy atom. The van der Waals surface area contributed by atoms with Gasteiger partial charge in [0.2, 0.25) is 15.9 Å². The van der Waals surface area contributed by atoms with Gasteiger partial charge in [0.15, 0.2) is 0 Å². The Morgan fingerprint density at radius 3 is 2.34 bits per heavy atom. The number of piperidine rings is 1. The van der Waals surface area contributed by atoms with E-state index in [-0.39, 0.29) is 28.7 Å². The van der Waals surface area contributed by atoms with Crippen LogP contribution in [-0.4, -0.2) is 75.5 Å². The molecule has 0 radical (unpaired) electrons. The summed E-state index contributed by atoms with van der Waals surface area (Å²) in [4.78, 5) is 29.3. The van der Waals surface area contributed by atoms with Crippen molar-refractivity contribution in [2.24, 2.45) is 5.92 Å². The van der Waals surface area contributed by atoms with Gasteiger partial charge in [0, 0.05) is 37.8 Å². The molecule has 2 fully saturated rings. The highest BCUT2D eigenvalue weighted by atomic mass is 32.2. The number of carbonyl (C=O) groups excluding carboxylic acids is 2. The van der Waals surface area contributed by atoms with Gasteiger partial charge in [-0.3, -0.25) is 9.59 Å². The van der Waals surface area contributed by atoms with Crippen LogP contribution in [-0.2, 0) is 19.6 Å². The zero-order valence-electron chi connectivity index (χ0n) is 17.0. The van der Waals surface area contributed by atoms with E-state index < -0.39 is 10.0 Å². The molecule has 2 amide bonds. The molecule has 2 aliphatic rings. The van der Waals surface area contributed by atoms with E-state index >= 15 is 0 Å². The lowest BCUT2D eigenvalue weighted by atomic mass is 9.95. The number of carbonyl (C=O) groups is 2. The number of rotatable bonds is 5. The summed E-state index contributed by atoms with van der Waals surface area (Å²) in [5, 5.41) is 0. The maximum atomic E-state index is 12.9. The lowest BCUT2D eigenvalue weighted by molar-refractivity contribution is -0.141. The largest absolute Gasteiger partial charge is 0.378 e. The van der Waals surface area contributed by atoms with Gasteiger partial charge in [-0.2, -0.15) is 0 Å². The van der Waals surface area contributed by atoms with Crippen molar-refractivity contribution in [3.8, 4) is 0 Å². The number of ether oxygens (including phenoxy) is 1. The van der Waals surface area contributed by atoms with Crippen molar-refractivity contribution in [2.75, 3.05) is 39.4 Å². The Morgan fingerprint density at radius 1 is 1.07 bits per heavy atom. The molecule has 160 valence electrons. The van der Waals surface area contributed by atoms with Gasteiger partial charge in [-0.05, 0) is 51.0 Å². The van der Waals surface area contributed by atoms with Crippen LogP contribution in [0.25, 0.3) is 0 Å². The van der Waals surface area contributed by atoms with Crippen LogP contribution in [0.3, 0.4) is 0 Å². The van der Waals surface area contributed by atoms with Crippen LogP contribution in [0, 0.1) is 5.92 Å². The fourth-order valence-corrected chi connectivity index (χ4v) is 4.99. The van der Waals surface area contributed by atoms with Crippen LogP contribution in [0.4, 0.5) is 0 Å². The molecule has 1 N–H and O–H groups in total. The van der Waals surface area contributed by atoms with Crippen LogP contribution in [0.2, 0.25) is 0 Å². The first-order valence-electron chi connectivity index (χ1n) is 10.1. The molecule has 8 nitrogen and oxygen atoms in total. The highest BCUT2D eigenvalue weighted by molar-refractivity contribution is 7.89. The Kier molecular flexibility index (Phi) is 6.92. The molecular weight excluding hydrogens is 394 g/mol. The molecule has 3 rings (SSSR count). The van der Waals surface area contributed by atoms with Crippen molar-refractivity contribution < 1.29 is 22.7 Å². The third kappa shape index (κ3) is 5.34. The summed E-state index contributed by atoms with van der Waals surface area (Å²) in [6, 6.07) is 5.74. The number of morpholine rings is 1. The van der Waals surface area contributed by atoms with Crippen LogP contribution in [0.5, 0.6) is 0 Å². The van der Waals surface area contributed by atoms with Crippen molar-refractivity contribution in [3.63, 3.8) is 0 Å². The molecule has 2 aliphatic heterocycles. The molecule has 0 aromatic heterocycles. The second kappa shape index (κ2) is 9.23. The predicted molar refractivity (Wildman–Crippen MR) is 108 cm³/mol. The molecule has 1 aromatic carbocycles. The molecule has 1 aromatic rings. The van der Waals surface area contributed by atoms with Crippen molar-refractivity contribution in [1.82, 2.24) is 14.5 Å². The Hall–Kier alpha value is -1.97. The molecule has 0 aliphatic carbocycles. The Balaban J connectivity index is 1.65. The maximum absolute atomic E-state index is 12.9. The standard InChI is InChI=1S/C20H29N3O5S/c1-15(2)21-29(26,27)18-7-5-16(6-8-18)19(24)23-9-3-4-17(14-23)20(25)22-10-12-28-13-11-22/h5-8,15,17,21H,3-4,9-14H2,1-2H3. The van der Waals surface area contributed by atoms with Crippen LogP contribution >= 0.6 is 0 Å². The second-order valence-corrected chi connectivity index (χ2v) is 9.54. The predicted octanol–water partition coefficient (Wildman–Crippen LogP) is 1.08. The summed E-state index contributed by atoms with van der Waals surface area (Å²) < 4.78 is 32.3. The zero-order valence-corrected chi connectivity index (χ0v) is 17.8. The van der Waals surface area contributed by atoms with Gasteiger partial charge in [0.1, 0.15) is 0 Å². The number of sulfonamides is 1. The summed E-state index contributed by atoms with van der Waals surface area (Å²) in [7, 11) is -3.59. The molecule has 0 spiro atoms. The highest BCUT2D eigenvalue weighted by Crippen LogP contribution is 2.22. The molecule has 1 atom stereocenters. The number of nitrogens with zero attached hydrogens (tertiary/aromatic N) is 2. The van der Waals surface area contributed by atoms with E-state index in [1.807, 2.05) is 4.90 Å². The quantitative estimate of drug-likeness (QED) is 0.765. The molecule has 1 unspecified atom stereocenters. The van der Waals surface area contributed by atoms with Gasteiger partial charge in [-0.15, -0.1) is 0 Å². The number of benzene rings is 1. The minimum Gasteiger partial charge on any atom is -0.378 e. The van der Waals surface area contributed by atoms with Gasteiger partial charge in [0.25, 0.3) is 5.91 Å². The topological polar surface area (TPSA) is 96.0 Å². The van der Waals surface area contributed by atoms with Crippen LogP contribution in [0.1, 0.15) is 37.0 Å². The molecule has 9 heteroatoms. The van der Waals surface area contributed by atoms with Gasteiger partial charge in [-0.25, -0.2) is 13.1 Å². The smallest absolute Gasteiger partial charge is 0.253 e. The number of amides is 2. The van der Waals surface area contributed by atoms with E-state index in [0.717, 1.165) is 12.8 Å². The SMILES string of the molecule is CC(C)NS(=O)(=O)c1ccc(C(=O)N2CCCC(C(=O)N3CCOCC3)C2)cc1. The summed E-state index contributed by atoms with van der Waals surface area (Å²) in [5.41, 5.74) is 0.424. The normalized spacial score (nSPS) is 20.7. The molecule has 29 heavy (non-hydrogen) atoms. The van der Waals surface area contributed by atoms with Crippen molar-refractivity contribution >= 4 is 21.8 Å². The second-order valence-electron chi connectivity index (χ2n) is 7.83. The summed E-state index contributed by atoms with van der Waals surface area (Å²) in [5.74, 6) is -0.280. The fraction of sp³-hybridized carbons (Fsp3) is 0.600. The van der Waals surface area contributed by atoms with E-state index in [4.69, 9.17) is 4.74 Å². The third-order valence-electron chi connectivity index (χ3n) is 5.18. The van der Waals surface area contributed by atoms with Crippen molar-refractivity contribution in [3.05, 3.63) is 29.8 Å². The number of nitrogens with one attached hydrogen (secondary N) is 1. The average Bonchev–Trinajstić information content (AvgIpc) is 2.72.